The minimum Gasteiger partial charge on any atom is -0.497 e. The van der Waals surface area contributed by atoms with Gasteiger partial charge in [-0.3, -0.25) is 9.59 Å². The zero-order valence-electron chi connectivity index (χ0n) is 13.7. The van der Waals surface area contributed by atoms with Crippen LogP contribution < -0.4 is 20.3 Å². The number of methoxy groups -OCH3 is 1. The molecule has 0 aliphatic carbocycles. The third-order valence-electron chi connectivity index (χ3n) is 3.57. The molecular formula is C16H26N3O3+. The van der Waals surface area contributed by atoms with Gasteiger partial charge in [-0.15, -0.1) is 0 Å². The van der Waals surface area contributed by atoms with Crippen LogP contribution in [-0.2, 0) is 9.59 Å². The molecule has 0 heterocycles. The van der Waals surface area contributed by atoms with E-state index < -0.39 is 0 Å². The molecule has 0 aromatic heterocycles. The van der Waals surface area contributed by atoms with Crippen LogP contribution in [0.15, 0.2) is 24.3 Å². The molecule has 1 aromatic carbocycles. The molecule has 6 heteroatoms. The van der Waals surface area contributed by atoms with Gasteiger partial charge in [0.15, 0.2) is 12.6 Å². The maximum Gasteiger partial charge on any atom is 0.279 e. The zero-order chi connectivity index (χ0) is 16.5. The molecule has 0 saturated heterocycles. The van der Waals surface area contributed by atoms with E-state index in [0.717, 1.165) is 10.6 Å². The fourth-order valence-electron chi connectivity index (χ4n) is 2.18. The SMILES string of the molecule is CCNC(=O)[C@H](C)[NH+](CC)CC(=O)Nc1ccc(OC)cc1. The summed E-state index contributed by atoms with van der Waals surface area (Å²) in [6.45, 7) is 7.23. The summed E-state index contributed by atoms with van der Waals surface area (Å²) in [5.74, 6) is 0.596. The first kappa shape index (κ1) is 18.0. The third kappa shape index (κ3) is 5.37. The summed E-state index contributed by atoms with van der Waals surface area (Å²) in [6, 6.07) is 6.89. The van der Waals surface area contributed by atoms with Crippen LogP contribution in [-0.4, -0.2) is 44.6 Å². The van der Waals surface area contributed by atoms with Crippen molar-refractivity contribution in [2.75, 3.05) is 32.1 Å². The predicted molar refractivity (Wildman–Crippen MR) is 86.1 cm³/mol. The van der Waals surface area contributed by atoms with Gasteiger partial charge in [-0.2, -0.15) is 0 Å². The fraction of sp³-hybridized carbons (Fsp3) is 0.500. The van der Waals surface area contributed by atoms with Crippen LogP contribution in [0, 0.1) is 0 Å². The van der Waals surface area contributed by atoms with Crippen molar-refractivity contribution in [2.24, 2.45) is 0 Å². The number of carbonyl (C=O) groups is 2. The van der Waals surface area contributed by atoms with E-state index in [0.29, 0.717) is 18.8 Å². The van der Waals surface area contributed by atoms with Crippen LogP contribution in [0.1, 0.15) is 20.8 Å². The first-order chi connectivity index (χ1) is 10.5. The normalized spacial score (nSPS) is 13.1. The topological polar surface area (TPSA) is 71.9 Å². The van der Waals surface area contributed by atoms with Crippen LogP contribution in [0.5, 0.6) is 5.75 Å². The predicted octanol–water partition coefficient (Wildman–Crippen LogP) is 0.0631. The van der Waals surface area contributed by atoms with Gasteiger partial charge >= 0.3 is 0 Å². The van der Waals surface area contributed by atoms with Crippen molar-refractivity contribution in [3.8, 4) is 5.75 Å². The van der Waals surface area contributed by atoms with Gasteiger partial charge in [0.1, 0.15) is 5.75 Å². The average molecular weight is 308 g/mol. The molecule has 2 atom stereocenters. The second-order valence-corrected chi connectivity index (χ2v) is 5.08. The number of anilines is 1. The lowest BCUT2D eigenvalue weighted by Gasteiger charge is -2.23. The van der Waals surface area contributed by atoms with Crippen molar-refractivity contribution in [3.05, 3.63) is 24.3 Å². The second kappa shape index (κ2) is 9.04. The highest BCUT2D eigenvalue weighted by molar-refractivity contribution is 5.91. The van der Waals surface area contributed by atoms with Gasteiger partial charge in [0.05, 0.1) is 13.7 Å². The Morgan fingerprint density at radius 2 is 1.86 bits per heavy atom. The summed E-state index contributed by atoms with van der Waals surface area (Å²) in [4.78, 5) is 24.9. The van der Waals surface area contributed by atoms with Crippen molar-refractivity contribution in [1.29, 1.82) is 0 Å². The van der Waals surface area contributed by atoms with Gasteiger partial charge in [0, 0.05) is 12.2 Å². The summed E-state index contributed by atoms with van der Waals surface area (Å²) in [7, 11) is 1.60. The standard InChI is InChI=1S/C16H25N3O3/c1-5-17-16(21)12(3)19(6-2)11-15(20)18-13-7-9-14(22-4)10-8-13/h7-10,12H,5-6,11H2,1-4H3,(H,17,21)(H,18,20)/p+1/t12-/m0/s1. The van der Waals surface area contributed by atoms with E-state index in [4.69, 9.17) is 4.74 Å². The lowest BCUT2D eigenvalue weighted by molar-refractivity contribution is -0.904. The number of rotatable bonds is 8. The second-order valence-electron chi connectivity index (χ2n) is 5.08. The van der Waals surface area contributed by atoms with E-state index in [2.05, 4.69) is 10.6 Å². The summed E-state index contributed by atoms with van der Waals surface area (Å²) >= 11 is 0. The molecule has 122 valence electrons. The maximum absolute atomic E-state index is 12.1. The quantitative estimate of drug-likeness (QED) is 0.636. The van der Waals surface area contributed by atoms with Crippen molar-refractivity contribution < 1.29 is 19.2 Å². The number of hydrogen-bond donors (Lipinski definition) is 3. The highest BCUT2D eigenvalue weighted by Crippen LogP contribution is 2.14. The number of likely N-dealkylation sites (N-methyl/N-ethyl adjacent to an activating group) is 2. The average Bonchev–Trinajstić information content (AvgIpc) is 2.52. The van der Waals surface area contributed by atoms with Crippen molar-refractivity contribution in [2.45, 2.75) is 26.8 Å². The van der Waals surface area contributed by atoms with E-state index in [9.17, 15) is 9.59 Å². The Morgan fingerprint density at radius 1 is 1.23 bits per heavy atom. The molecule has 0 aliphatic heterocycles. The number of carbonyl (C=O) groups excluding carboxylic acids is 2. The largest absolute Gasteiger partial charge is 0.497 e. The van der Waals surface area contributed by atoms with Crippen molar-refractivity contribution in [1.82, 2.24) is 5.32 Å². The minimum atomic E-state index is -0.258. The summed E-state index contributed by atoms with van der Waals surface area (Å²) in [5.41, 5.74) is 0.715. The van der Waals surface area contributed by atoms with E-state index in [1.807, 2.05) is 20.8 Å². The number of ether oxygens (including phenoxy) is 1. The number of quaternary nitrogens is 1. The number of amides is 2. The van der Waals surface area contributed by atoms with Gasteiger partial charge in [0.2, 0.25) is 0 Å². The minimum absolute atomic E-state index is 0.0309. The van der Waals surface area contributed by atoms with Gasteiger partial charge < -0.3 is 20.3 Å². The molecule has 0 spiro atoms. The molecule has 3 N–H and O–H groups in total. The Bertz CT molecular complexity index is 488. The lowest BCUT2D eigenvalue weighted by Crippen LogP contribution is -3.17. The van der Waals surface area contributed by atoms with Crippen LogP contribution in [0.4, 0.5) is 5.69 Å². The van der Waals surface area contributed by atoms with Crippen molar-refractivity contribution in [3.63, 3.8) is 0 Å². The molecule has 0 radical (unpaired) electrons. The number of hydrogen-bond acceptors (Lipinski definition) is 3. The Balaban J connectivity index is 2.58. The molecule has 0 fully saturated rings. The van der Waals surface area contributed by atoms with Crippen LogP contribution >= 0.6 is 0 Å². The maximum atomic E-state index is 12.1. The van der Waals surface area contributed by atoms with Gasteiger partial charge in [0.25, 0.3) is 11.8 Å². The van der Waals surface area contributed by atoms with E-state index in [1.54, 1.807) is 31.4 Å². The molecule has 22 heavy (non-hydrogen) atoms. The molecule has 2 amide bonds. The lowest BCUT2D eigenvalue weighted by atomic mass is 10.2. The van der Waals surface area contributed by atoms with Gasteiger partial charge in [-0.25, -0.2) is 0 Å². The molecular weight excluding hydrogens is 282 g/mol. The zero-order valence-corrected chi connectivity index (χ0v) is 13.7. The molecule has 1 rings (SSSR count). The molecule has 1 aromatic rings. The van der Waals surface area contributed by atoms with Crippen LogP contribution in [0.3, 0.4) is 0 Å². The van der Waals surface area contributed by atoms with Crippen LogP contribution in [0.2, 0.25) is 0 Å². The molecule has 0 saturated carbocycles. The summed E-state index contributed by atoms with van der Waals surface area (Å²) < 4.78 is 5.08. The smallest absolute Gasteiger partial charge is 0.279 e. The van der Waals surface area contributed by atoms with Crippen molar-refractivity contribution >= 4 is 17.5 Å². The summed E-state index contributed by atoms with van der Waals surface area (Å²) in [6.07, 6.45) is 0. The molecule has 1 unspecified atom stereocenters. The summed E-state index contributed by atoms with van der Waals surface area (Å²) in [5, 5.41) is 5.63. The highest BCUT2D eigenvalue weighted by Gasteiger charge is 2.25. The fourth-order valence-corrected chi connectivity index (χ4v) is 2.18. The van der Waals surface area contributed by atoms with Crippen LogP contribution in [0.25, 0.3) is 0 Å². The van der Waals surface area contributed by atoms with E-state index in [-0.39, 0.29) is 24.4 Å². The van der Waals surface area contributed by atoms with E-state index in [1.165, 1.54) is 0 Å². The first-order valence-corrected chi connectivity index (χ1v) is 7.58. The molecule has 0 aliphatic rings. The Hall–Kier alpha value is -2.08. The Labute approximate surface area is 131 Å². The number of benzene rings is 1. The molecule has 6 nitrogen and oxygen atoms in total. The Kier molecular flexibility index (Phi) is 7.39. The Morgan fingerprint density at radius 3 is 2.36 bits per heavy atom. The highest BCUT2D eigenvalue weighted by atomic mass is 16.5. The van der Waals surface area contributed by atoms with Gasteiger partial charge in [-0.05, 0) is 45.0 Å². The first-order valence-electron chi connectivity index (χ1n) is 7.58. The number of nitrogens with one attached hydrogen (secondary N) is 3. The van der Waals surface area contributed by atoms with E-state index >= 15 is 0 Å². The van der Waals surface area contributed by atoms with Gasteiger partial charge in [-0.1, -0.05) is 0 Å². The monoisotopic (exact) mass is 308 g/mol. The molecule has 0 bridgehead atoms. The third-order valence-corrected chi connectivity index (χ3v) is 3.57.